The number of pyridine rings is 1. The molecule has 0 saturated heterocycles. The summed E-state index contributed by atoms with van der Waals surface area (Å²) in [5.41, 5.74) is 0.738. The van der Waals surface area contributed by atoms with Crippen molar-refractivity contribution in [2.45, 2.75) is 62.6 Å². The maximum Gasteiger partial charge on any atom is 0.470 e. The standard InChI is InChI=1S/C29H30F3N2O5P/c1-19-25(8-5-15-33-19)34-26(35)22-10-12-24-21(16-22)9-11-23-18-28(29(30,31)32,39-40(36,37)38)14-13-27(23,24)17-20-6-3-2-4-7-20/h2-8,10,12,15-16,23H,9,11,13-14,17-18H2,1H3,(H,34,35)(H2,36,37,38)/t23?,27-,28+/m0/s1. The number of benzene rings is 2. The van der Waals surface area contributed by atoms with E-state index in [1.165, 1.54) is 0 Å². The van der Waals surface area contributed by atoms with E-state index in [0.29, 0.717) is 36.2 Å². The second-order valence-corrected chi connectivity index (χ2v) is 12.0. The predicted molar refractivity (Wildman–Crippen MR) is 143 cm³/mol. The van der Waals surface area contributed by atoms with Gasteiger partial charge < -0.3 is 15.1 Å². The number of phosphoric ester groups is 1. The molecule has 3 atom stereocenters. The molecule has 0 radical (unpaired) electrons. The van der Waals surface area contributed by atoms with Crippen LogP contribution in [-0.2, 0) is 27.3 Å². The summed E-state index contributed by atoms with van der Waals surface area (Å²) in [5.74, 6) is -0.868. The Morgan fingerprint density at radius 1 is 1.12 bits per heavy atom. The van der Waals surface area contributed by atoms with E-state index in [0.717, 1.165) is 16.7 Å². The number of carbonyl (C=O) groups excluding carboxylic acids is 1. The van der Waals surface area contributed by atoms with Crippen LogP contribution < -0.4 is 5.32 Å². The quantitative estimate of drug-likeness (QED) is 0.299. The number of phosphoric acid groups is 1. The number of amides is 1. The molecule has 11 heteroatoms. The third kappa shape index (κ3) is 5.46. The third-order valence-corrected chi connectivity index (χ3v) is 9.01. The molecule has 1 heterocycles. The fourth-order valence-electron chi connectivity index (χ4n) is 6.53. The monoisotopic (exact) mass is 574 g/mol. The number of anilines is 1. The van der Waals surface area contributed by atoms with E-state index < -0.39 is 43.8 Å². The van der Waals surface area contributed by atoms with Crippen LogP contribution in [0, 0.1) is 12.8 Å². The van der Waals surface area contributed by atoms with Crippen molar-refractivity contribution in [1.29, 1.82) is 0 Å². The van der Waals surface area contributed by atoms with Crippen LogP contribution in [0.1, 0.15) is 58.4 Å². The van der Waals surface area contributed by atoms with E-state index in [1.807, 2.05) is 36.4 Å². The summed E-state index contributed by atoms with van der Waals surface area (Å²) in [5, 5.41) is 2.87. The Morgan fingerprint density at radius 3 is 2.55 bits per heavy atom. The number of alkyl halides is 3. The van der Waals surface area contributed by atoms with Crippen LogP contribution in [0.15, 0.2) is 66.9 Å². The summed E-state index contributed by atoms with van der Waals surface area (Å²) < 4.78 is 59.3. The van der Waals surface area contributed by atoms with Gasteiger partial charge in [0.2, 0.25) is 0 Å². The molecule has 1 fully saturated rings. The predicted octanol–water partition coefficient (Wildman–Crippen LogP) is 6.28. The second-order valence-electron chi connectivity index (χ2n) is 10.8. The van der Waals surface area contributed by atoms with Gasteiger partial charge in [-0.3, -0.25) is 14.3 Å². The first-order valence-corrected chi connectivity index (χ1v) is 14.6. The average molecular weight is 575 g/mol. The van der Waals surface area contributed by atoms with Crippen LogP contribution in [0.3, 0.4) is 0 Å². The van der Waals surface area contributed by atoms with Gasteiger partial charge in [0, 0.05) is 17.2 Å². The molecule has 5 rings (SSSR count). The topological polar surface area (TPSA) is 109 Å². The van der Waals surface area contributed by atoms with Gasteiger partial charge in [-0.1, -0.05) is 36.4 Å². The summed E-state index contributed by atoms with van der Waals surface area (Å²) in [6.07, 6.45) is -3.23. The first-order valence-electron chi connectivity index (χ1n) is 13.1. The zero-order chi connectivity index (χ0) is 28.8. The molecule has 1 aromatic heterocycles. The Bertz CT molecular complexity index is 1460. The van der Waals surface area contributed by atoms with Gasteiger partial charge in [0.05, 0.1) is 11.4 Å². The minimum atomic E-state index is -5.42. The molecule has 212 valence electrons. The molecule has 1 unspecified atom stereocenters. The molecule has 2 aliphatic rings. The summed E-state index contributed by atoms with van der Waals surface area (Å²) in [6, 6.07) is 18.3. The van der Waals surface area contributed by atoms with Crippen LogP contribution in [-0.4, -0.2) is 32.5 Å². The Labute approximate surface area is 230 Å². The largest absolute Gasteiger partial charge is 0.470 e. The van der Waals surface area contributed by atoms with E-state index in [2.05, 4.69) is 14.8 Å². The van der Waals surface area contributed by atoms with Gasteiger partial charge in [-0.05, 0) is 92.3 Å². The molecule has 0 bridgehead atoms. The Hall–Kier alpha value is -3.04. The average Bonchev–Trinajstić information content (AvgIpc) is 2.89. The lowest BCUT2D eigenvalue weighted by Gasteiger charge is -2.54. The minimum absolute atomic E-state index is 0.0134. The third-order valence-electron chi connectivity index (χ3n) is 8.43. The first kappa shape index (κ1) is 28.5. The Balaban J connectivity index is 1.53. The fourth-order valence-corrected chi connectivity index (χ4v) is 7.26. The molecule has 0 spiro atoms. The van der Waals surface area contributed by atoms with Crippen molar-refractivity contribution in [2.75, 3.05) is 5.32 Å². The van der Waals surface area contributed by atoms with E-state index in [-0.39, 0.29) is 12.3 Å². The van der Waals surface area contributed by atoms with Crippen LogP contribution in [0.4, 0.5) is 18.9 Å². The molecule has 3 N–H and O–H groups in total. The van der Waals surface area contributed by atoms with Gasteiger partial charge in [0.15, 0.2) is 5.60 Å². The molecule has 40 heavy (non-hydrogen) atoms. The van der Waals surface area contributed by atoms with Crippen LogP contribution in [0.5, 0.6) is 0 Å². The number of fused-ring (bicyclic) bond motifs is 3. The maximum atomic E-state index is 14.4. The highest BCUT2D eigenvalue weighted by Crippen LogP contribution is 2.61. The molecule has 2 aliphatic carbocycles. The zero-order valence-corrected chi connectivity index (χ0v) is 22.7. The lowest BCUT2D eigenvalue weighted by atomic mass is 9.52. The van der Waals surface area contributed by atoms with Crippen LogP contribution >= 0.6 is 7.82 Å². The molecule has 1 saturated carbocycles. The summed E-state index contributed by atoms with van der Waals surface area (Å²) in [4.78, 5) is 36.1. The van der Waals surface area contributed by atoms with Gasteiger partial charge in [0.1, 0.15) is 0 Å². The molecular formula is C29H30F3N2O5P. The van der Waals surface area contributed by atoms with E-state index in [4.69, 9.17) is 0 Å². The van der Waals surface area contributed by atoms with Crippen molar-refractivity contribution >= 4 is 19.4 Å². The molecule has 0 aliphatic heterocycles. The van der Waals surface area contributed by atoms with Gasteiger partial charge in [-0.15, -0.1) is 0 Å². The molecule has 3 aromatic rings. The highest BCUT2D eigenvalue weighted by atomic mass is 31.2. The number of aromatic nitrogens is 1. The number of halogens is 3. The SMILES string of the molecule is Cc1ncccc1NC(=O)c1ccc2c(c1)CCC1C[C@@](OP(=O)(O)O)(C(F)(F)F)CC[C@@]21Cc1ccccc1. The van der Waals surface area contributed by atoms with Crippen molar-refractivity contribution in [3.63, 3.8) is 0 Å². The first-order chi connectivity index (χ1) is 18.8. The van der Waals surface area contributed by atoms with Crippen molar-refractivity contribution in [1.82, 2.24) is 4.98 Å². The summed E-state index contributed by atoms with van der Waals surface area (Å²) >= 11 is 0. The van der Waals surface area contributed by atoms with Crippen molar-refractivity contribution in [2.24, 2.45) is 5.92 Å². The minimum Gasteiger partial charge on any atom is -0.320 e. The highest BCUT2D eigenvalue weighted by Gasteiger charge is 2.65. The second kappa shape index (κ2) is 10.4. The fraction of sp³-hybridized carbons (Fsp3) is 0.379. The van der Waals surface area contributed by atoms with E-state index >= 15 is 0 Å². The number of carbonyl (C=O) groups is 1. The van der Waals surface area contributed by atoms with Gasteiger partial charge in [0.25, 0.3) is 5.91 Å². The molecule has 2 aromatic carbocycles. The number of rotatable bonds is 6. The highest BCUT2D eigenvalue weighted by molar-refractivity contribution is 7.46. The number of aryl methyl sites for hydroxylation is 2. The number of hydrogen-bond donors (Lipinski definition) is 3. The van der Waals surface area contributed by atoms with Crippen molar-refractivity contribution in [3.05, 3.63) is 94.8 Å². The van der Waals surface area contributed by atoms with E-state index in [1.54, 1.807) is 37.4 Å². The van der Waals surface area contributed by atoms with Crippen molar-refractivity contribution in [3.8, 4) is 0 Å². The van der Waals surface area contributed by atoms with Gasteiger partial charge in [-0.2, -0.15) is 13.2 Å². The Morgan fingerprint density at radius 2 is 1.88 bits per heavy atom. The van der Waals surface area contributed by atoms with Crippen LogP contribution in [0.25, 0.3) is 0 Å². The number of nitrogens with zero attached hydrogens (tertiary/aromatic N) is 1. The molecular weight excluding hydrogens is 544 g/mol. The van der Waals surface area contributed by atoms with Gasteiger partial charge >= 0.3 is 14.0 Å². The summed E-state index contributed by atoms with van der Waals surface area (Å²) in [6.45, 7) is 1.79. The number of hydrogen-bond acceptors (Lipinski definition) is 4. The van der Waals surface area contributed by atoms with Crippen molar-refractivity contribution < 1.29 is 36.8 Å². The van der Waals surface area contributed by atoms with Crippen LogP contribution in [0.2, 0.25) is 0 Å². The Kier molecular flexibility index (Phi) is 7.42. The maximum absolute atomic E-state index is 14.4. The lowest BCUT2D eigenvalue weighted by Crippen LogP contribution is -2.57. The number of nitrogens with one attached hydrogen (secondary N) is 1. The normalized spacial score (nSPS) is 24.6. The molecule has 7 nitrogen and oxygen atoms in total. The lowest BCUT2D eigenvalue weighted by molar-refractivity contribution is -0.272. The molecule has 1 amide bonds. The van der Waals surface area contributed by atoms with Gasteiger partial charge in [-0.25, -0.2) is 4.57 Å². The van der Waals surface area contributed by atoms with E-state index in [9.17, 15) is 32.3 Å². The zero-order valence-electron chi connectivity index (χ0n) is 21.8. The summed E-state index contributed by atoms with van der Waals surface area (Å²) in [7, 11) is -5.42. The smallest absolute Gasteiger partial charge is 0.320 e.